The Morgan fingerprint density at radius 1 is 1.08 bits per heavy atom. The molecular weight excluding hydrogens is 397 g/mol. The molecule has 136 valence electrons. The van der Waals surface area contributed by atoms with Crippen molar-refractivity contribution in [2.75, 3.05) is 7.11 Å². The Morgan fingerprint density at radius 3 is 2.35 bits per heavy atom. The number of esters is 1. The first kappa shape index (κ1) is 20.3. The molecule has 0 spiro atoms. The maximum Gasteiger partial charge on any atom is 0.307 e. The largest absolute Gasteiger partial charge is 0.469 e. The minimum Gasteiger partial charge on any atom is -0.469 e. The number of ether oxygens (including phenoxy) is 1. The highest BCUT2D eigenvalue weighted by molar-refractivity contribution is 6.35. The van der Waals surface area contributed by atoms with Crippen LogP contribution in [0.25, 0.3) is 6.08 Å². The lowest BCUT2D eigenvalue weighted by Crippen LogP contribution is -2.29. The standard InChI is InChI=1S/C19H16Cl3NO3/c1-26-19(25)11-17(13-3-6-14(20)7-4-13)23-18(24)9-5-12-2-8-15(21)10-16(12)22/h2-10,17H,11H2,1H3,(H,23,24). The first-order chi connectivity index (χ1) is 12.4. The highest BCUT2D eigenvalue weighted by Gasteiger charge is 2.18. The minimum absolute atomic E-state index is 0.000582. The van der Waals surface area contributed by atoms with Gasteiger partial charge in [0.15, 0.2) is 0 Å². The van der Waals surface area contributed by atoms with E-state index in [1.54, 1.807) is 48.5 Å². The van der Waals surface area contributed by atoms with Crippen LogP contribution in [0.3, 0.4) is 0 Å². The lowest BCUT2D eigenvalue weighted by molar-refractivity contribution is -0.141. The van der Waals surface area contributed by atoms with Crippen LogP contribution in [0.5, 0.6) is 0 Å². The Bertz CT molecular complexity index is 819. The molecule has 0 fully saturated rings. The van der Waals surface area contributed by atoms with E-state index in [1.165, 1.54) is 13.2 Å². The summed E-state index contributed by atoms with van der Waals surface area (Å²) in [6, 6.07) is 11.3. The molecule has 0 bridgehead atoms. The van der Waals surface area contributed by atoms with Crippen molar-refractivity contribution in [2.45, 2.75) is 12.5 Å². The van der Waals surface area contributed by atoms with E-state index in [2.05, 4.69) is 5.32 Å². The lowest BCUT2D eigenvalue weighted by Gasteiger charge is -2.17. The number of hydrogen-bond donors (Lipinski definition) is 1. The SMILES string of the molecule is COC(=O)CC(NC(=O)C=Cc1ccc(Cl)cc1Cl)c1ccc(Cl)cc1. The summed E-state index contributed by atoms with van der Waals surface area (Å²) in [6.45, 7) is 0. The van der Waals surface area contributed by atoms with E-state index >= 15 is 0 Å². The Morgan fingerprint density at radius 2 is 1.73 bits per heavy atom. The van der Waals surface area contributed by atoms with Crippen molar-refractivity contribution in [2.24, 2.45) is 0 Å². The van der Waals surface area contributed by atoms with Crippen molar-refractivity contribution >= 4 is 52.8 Å². The van der Waals surface area contributed by atoms with Crippen LogP contribution in [-0.4, -0.2) is 19.0 Å². The van der Waals surface area contributed by atoms with Crippen molar-refractivity contribution in [3.8, 4) is 0 Å². The molecule has 1 unspecified atom stereocenters. The molecule has 4 nitrogen and oxygen atoms in total. The van der Waals surface area contributed by atoms with Crippen molar-refractivity contribution < 1.29 is 14.3 Å². The van der Waals surface area contributed by atoms with E-state index in [9.17, 15) is 9.59 Å². The molecule has 0 saturated carbocycles. The van der Waals surface area contributed by atoms with Crippen LogP contribution in [-0.2, 0) is 14.3 Å². The zero-order valence-electron chi connectivity index (χ0n) is 13.8. The van der Waals surface area contributed by atoms with Gasteiger partial charge in [0.2, 0.25) is 5.91 Å². The number of nitrogens with one attached hydrogen (secondary N) is 1. The topological polar surface area (TPSA) is 55.4 Å². The highest BCUT2D eigenvalue weighted by Crippen LogP contribution is 2.23. The van der Waals surface area contributed by atoms with Crippen LogP contribution in [0.1, 0.15) is 23.6 Å². The zero-order valence-corrected chi connectivity index (χ0v) is 16.1. The molecule has 0 aromatic heterocycles. The average Bonchev–Trinajstić information content (AvgIpc) is 2.61. The predicted molar refractivity (Wildman–Crippen MR) is 104 cm³/mol. The molecule has 0 aliphatic rings. The van der Waals surface area contributed by atoms with Gasteiger partial charge in [0.1, 0.15) is 0 Å². The smallest absolute Gasteiger partial charge is 0.307 e. The van der Waals surface area contributed by atoms with Crippen LogP contribution in [0.2, 0.25) is 15.1 Å². The van der Waals surface area contributed by atoms with Gasteiger partial charge in [-0.05, 0) is 41.5 Å². The van der Waals surface area contributed by atoms with Crippen LogP contribution in [0.15, 0.2) is 48.5 Å². The third-order valence-corrected chi connectivity index (χ3v) is 4.38. The number of amides is 1. The third-order valence-electron chi connectivity index (χ3n) is 3.56. The summed E-state index contributed by atoms with van der Waals surface area (Å²) < 4.78 is 4.70. The molecule has 2 aromatic rings. The normalized spacial score (nSPS) is 12.0. The predicted octanol–water partition coefficient (Wildman–Crippen LogP) is 5.08. The average molecular weight is 413 g/mol. The Kier molecular flexibility index (Phi) is 7.51. The number of halogens is 3. The molecule has 7 heteroatoms. The molecule has 0 heterocycles. The van der Waals surface area contributed by atoms with Gasteiger partial charge < -0.3 is 10.1 Å². The number of hydrogen-bond acceptors (Lipinski definition) is 3. The fourth-order valence-electron chi connectivity index (χ4n) is 2.22. The second kappa shape index (κ2) is 9.62. The van der Waals surface area contributed by atoms with E-state index < -0.39 is 12.0 Å². The summed E-state index contributed by atoms with van der Waals surface area (Å²) in [5.41, 5.74) is 1.40. The fraction of sp³-hybridized carbons (Fsp3) is 0.158. The quantitative estimate of drug-likeness (QED) is 0.531. The maximum atomic E-state index is 12.3. The zero-order chi connectivity index (χ0) is 19.1. The molecule has 26 heavy (non-hydrogen) atoms. The van der Waals surface area contributed by atoms with Gasteiger partial charge in [0, 0.05) is 21.1 Å². The molecule has 1 atom stereocenters. The number of carbonyl (C=O) groups excluding carboxylic acids is 2. The molecule has 0 aliphatic heterocycles. The second-order valence-electron chi connectivity index (χ2n) is 5.39. The van der Waals surface area contributed by atoms with E-state index in [4.69, 9.17) is 39.5 Å². The molecule has 2 aromatic carbocycles. The third kappa shape index (κ3) is 6.06. The van der Waals surface area contributed by atoms with Gasteiger partial charge >= 0.3 is 5.97 Å². The summed E-state index contributed by atoms with van der Waals surface area (Å²) in [6.07, 6.45) is 2.92. The van der Waals surface area contributed by atoms with E-state index in [0.29, 0.717) is 20.6 Å². The maximum absolute atomic E-state index is 12.3. The van der Waals surface area contributed by atoms with Crippen molar-refractivity contribution in [3.63, 3.8) is 0 Å². The van der Waals surface area contributed by atoms with E-state index in [1.807, 2.05) is 0 Å². The molecule has 0 radical (unpaired) electrons. The van der Waals surface area contributed by atoms with Gasteiger partial charge in [0.05, 0.1) is 19.6 Å². The number of methoxy groups -OCH3 is 1. The van der Waals surface area contributed by atoms with Crippen molar-refractivity contribution in [1.82, 2.24) is 5.32 Å². The summed E-state index contributed by atoms with van der Waals surface area (Å²) in [7, 11) is 1.30. The van der Waals surface area contributed by atoms with Gasteiger partial charge in [0.25, 0.3) is 0 Å². The first-order valence-corrected chi connectivity index (χ1v) is 8.78. The minimum atomic E-state index is -0.544. The Hall–Kier alpha value is -2.01. The van der Waals surface area contributed by atoms with Crippen LogP contribution < -0.4 is 5.32 Å². The molecule has 0 aliphatic carbocycles. The lowest BCUT2D eigenvalue weighted by atomic mass is 10.0. The number of carbonyl (C=O) groups is 2. The van der Waals surface area contributed by atoms with Crippen LogP contribution in [0.4, 0.5) is 0 Å². The number of rotatable bonds is 6. The molecular formula is C19H16Cl3NO3. The van der Waals surface area contributed by atoms with E-state index in [0.717, 1.165) is 5.56 Å². The molecule has 0 saturated heterocycles. The van der Waals surface area contributed by atoms with Crippen molar-refractivity contribution in [3.05, 3.63) is 74.7 Å². The van der Waals surface area contributed by atoms with Gasteiger partial charge in [-0.3, -0.25) is 9.59 Å². The Balaban J connectivity index is 2.13. The number of benzene rings is 2. The summed E-state index contributed by atoms with van der Waals surface area (Å²) in [5, 5.41) is 4.29. The first-order valence-electron chi connectivity index (χ1n) is 7.65. The monoisotopic (exact) mass is 411 g/mol. The molecule has 1 N–H and O–H groups in total. The van der Waals surface area contributed by atoms with Gasteiger partial charge in [-0.25, -0.2) is 0 Å². The van der Waals surface area contributed by atoms with Gasteiger partial charge in [-0.15, -0.1) is 0 Å². The van der Waals surface area contributed by atoms with E-state index in [-0.39, 0.29) is 12.3 Å². The van der Waals surface area contributed by atoms with Crippen LogP contribution in [0, 0.1) is 0 Å². The summed E-state index contributed by atoms with van der Waals surface area (Å²) in [4.78, 5) is 23.9. The highest BCUT2D eigenvalue weighted by atomic mass is 35.5. The van der Waals surface area contributed by atoms with Gasteiger partial charge in [-0.2, -0.15) is 0 Å². The molecule has 2 rings (SSSR count). The van der Waals surface area contributed by atoms with Gasteiger partial charge in [-0.1, -0.05) is 53.0 Å². The summed E-state index contributed by atoms with van der Waals surface area (Å²) in [5.74, 6) is -0.810. The summed E-state index contributed by atoms with van der Waals surface area (Å²) >= 11 is 17.8. The fourth-order valence-corrected chi connectivity index (χ4v) is 2.82. The van der Waals surface area contributed by atoms with Crippen LogP contribution >= 0.6 is 34.8 Å². The second-order valence-corrected chi connectivity index (χ2v) is 6.67. The van der Waals surface area contributed by atoms with Crippen molar-refractivity contribution in [1.29, 1.82) is 0 Å². The molecule has 1 amide bonds. The Labute approximate surface area is 166 Å².